The smallest absolute Gasteiger partial charge is 0.306 e. The molecule has 4 nitrogen and oxygen atoms in total. The van der Waals surface area contributed by atoms with Crippen LogP contribution in [0.5, 0.6) is 0 Å². The highest BCUT2D eigenvalue weighted by atomic mass is 16.5. The molecule has 0 amide bonds. The maximum atomic E-state index is 11.9. The van der Waals surface area contributed by atoms with Crippen molar-refractivity contribution in [1.29, 1.82) is 0 Å². The maximum absolute atomic E-state index is 11.9. The van der Waals surface area contributed by atoms with Gasteiger partial charge >= 0.3 is 11.9 Å². The molecule has 1 atom stereocenters. The van der Waals surface area contributed by atoms with E-state index in [4.69, 9.17) is 9.47 Å². The van der Waals surface area contributed by atoms with Gasteiger partial charge in [-0.3, -0.25) is 9.59 Å². The van der Waals surface area contributed by atoms with E-state index in [-0.39, 0.29) is 11.9 Å². The molecule has 0 saturated carbocycles. The van der Waals surface area contributed by atoms with Gasteiger partial charge in [-0.2, -0.15) is 0 Å². The van der Waals surface area contributed by atoms with Crippen LogP contribution in [0.3, 0.4) is 0 Å². The summed E-state index contributed by atoms with van der Waals surface area (Å²) >= 11 is 0. The highest BCUT2D eigenvalue weighted by Gasteiger charge is 2.13. The van der Waals surface area contributed by atoms with Crippen LogP contribution in [0.2, 0.25) is 0 Å². The molecule has 0 aromatic heterocycles. The van der Waals surface area contributed by atoms with Crippen molar-refractivity contribution >= 4 is 11.9 Å². The summed E-state index contributed by atoms with van der Waals surface area (Å²) in [6, 6.07) is 0. The number of esters is 2. The Morgan fingerprint density at radius 1 is 0.613 bits per heavy atom. The predicted molar refractivity (Wildman–Crippen MR) is 130 cm³/mol. The Kier molecular flexibility index (Phi) is 20.1. The highest BCUT2D eigenvalue weighted by Crippen LogP contribution is 2.19. The molecule has 4 heteroatoms. The number of carbonyl (C=O) groups is 2. The fourth-order valence-corrected chi connectivity index (χ4v) is 3.63. The van der Waals surface area contributed by atoms with E-state index in [0.717, 1.165) is 25.7 Å². The number of unbranched alkanes of at least 4 members (excludes halogenated alkanes) is 10. The molecule has 0 aliphatic carbocycles. The Morgan fingerprint density at radius 2 is 1.03 bits per heavy atom. The van der Waals surface area contributed by atoms with Gasteiger partial charge < -0.3 is 9.47 Å². The van der Waals surface area contributed by atoms with Crippen molar-refractivity contribution in [2.75, 3.05) is 13.2 Å². The number of ether oxygens (including phenoxy) is 2. The van der Waals surface area contributed by atoms with Crippen LogP contribution >= 0.6 is 0 Å². The average molecular weight is 441 g/mol. The Bertz CT molecular complexity index is 431. The summed E-state index contributed by atoms with van der Waals surface area (Å²) in [6.07, 6.45) is 17.1. The summed E-state index contributed by atoms with van der Waals surface area (Å²) in [5.74, 6) is 1.25. The predicted octanol–water partition coefficient (Wildman–Crippen LogP) is 7.87. The van der Waals surface area contributed by atoms with Crippen molar-refractivity contribution in [2.24, 2.45) is 17.8 Å². The first kappa shape index (κ1) is 29.9. The summed E-state index contributed by atoms with van der Waals surface area (Å²) in [4.78, 5) is 23.4. The van der Waals surface area contributed by atoms with Crippen molar-refractivity contribution in [3.05, 3.63) is 0 Å². The van der Waals surface area contributed by atoms with Crippen LogP contribution in [0.25, 0.3) is 0 Å². The van der Waals surface area contributed by atoms with E-state index in [2.05, 4.69) is 34.6 Å². The molecule has 0 rings (SSSR count). The van der Waals surface area contributed by atoms with Gasteiger partial charge in [-0.1, -0.05) is 105 Å². The first-order valence-electron chi connectivity index (χ1n) is 13.2. The molecule has 1 unspecified atom stereocenters. The monoisotopic (exact) mass is 440 g/mol. The number of hydrogen-bond acceptors (Lipinski definition) is 4. The fraction of sp³-hybridized carbons (Fsp3) is 0.926. The number of carbonyl (C=O) groups excluding carboxylic acids is 2. The van der Waals surface area contributed by atoms with Gasteiger partial charge in [-0.15, -0.1) is 0 Å². The van der Waals surface area contributed by atoms with E-state index < -0.39 is 0 Å². The minimum absolute atomic E-state index is 0.0217. The fourth-order valence-electron chi connectivity index (χ4n) is 3.63. The van der Waals surface area contributed by atoms with Crippen molar-refractivity contribution in [3.8, 4) is 0 Å². The van der Waals surface area contributed by atoms with Crippen molar-refractivity contribution in [2.45, 2.75) is 131 Å². The van der Waals surface area contributed by atoms with E-state index in [1.807, 2.05) is 0 Å². The number of rotatable bonds is 21. The van der Waals surface area contributed by atoms with Crippen molar-refractivity contribution < 1.29 is 19.1 Å². The molecule has 0 aliphatic heterocycles. The van der Waals surface area contributed by atoms with Crippen LogP contribution < -0.4 is 0 Å². The van der Waals surface area contributed by atoms with Crippen LogP contribution in [-0.2, 0) is 19.1 Å². The Labute approximate surface area is 193 Å². The van der Waals surface area contributed by atoms with Crippen LogP contribution in [0, 0.1) is 17.8 Å². The van der Waals surface area contributed by atoms with Crippen LogP contribution in [0.1, 0.15) is 131 Å². The van der Waals surface area contributed by atoms with Gasteiger partial charge in [0.1, 0.15) is 0 Å². The van der Waals surface area contributed by atoms with Gasteiger partial charge in [0.2, 0.25) is 0 Å². The molecule has 0 aromatic rings. The van der Waals surface area contributed by atoms with Crippen LogP contribution in [-0.4, -0.2) is 25.2 Å². The van der Waals surface area contributed by atoms with Crippen molar-refractivity contribution in [3.63, 3.8) is 0 Å². The van der Waals surface area contributed by atoms with E-state index >= 15 is 0 Å². The molecule has 31 heavy (non-hydrogen) atoms. The third-order valence-corrected chi connectivity index (χ3v) is 5.68. The van der Waals surface area contributed by atoms with Crippen LogP contribution in [0.15, 0.2) is 0 Å². The molecule has 0 N–H and O–H groups in total. The molecule has 0 aromatic carbocycles. The first-order valence-corrected chi connectivity index (χ1v) is 13.2. The molecule has 0 saturated heterocycles. The maximum Gasteiger partial charge on any atom is 0.306 e. The lowest BCUT2D eigenvalue weighted by Gasteiger charge is -2.14. The third kappa shape index (κ3) is 21.9. The lowest BCUT2D eigenvalue weighted by Crippen LogP contribution is -2.14. The largest absolute Gasteiger partial charge is 0.465 e. The molecule has 0 bridgehead atoms. The highest BCUT2D eigenvalue weighted by molar-refractivity contribution is 5.69. The topological polar surface area (TPSA) is 52.6 Å². The van der Waals surface area contributed by atoms with Gasteiger partial charge in [0.05, 0.1) is 13.2 Å². The van der Waals surface area contributed by atoms with Gasteiger partial charge in [0.25, 0.3) is 0 Å². The third-order valence-electron chi connectivity index (χ3n) is 5.68. The Morgan fingerprint density at radius 3 is 1.48 bits per heavy atom. The zero-order valence-corrected chi connectivity index (χ0v) is 21.4. The second-order valence-corrected chi connectivity index (χ2v) is 10.1. The summed E-state index contributed by atoms with van der Waals surface area (Å²) < 4.78 is 10.5. The Balaban J connectivity index is 3.41. The second kappa shape index (κ2) is 20.8. The standard InChI is InChI=1S/C27H52O4/c1-6-25(20-27(29)31-22-24(4)5)18-16-14-12-10-8-7-9-11-13-15-17-19-26(28)30-21-23(2)3/h23-25H,6-22H2,1-5H3. The quantitative estimate of drug-likeness (QED) is 0.135. The normalized spacial score (nSPS) is 12.4. The summed E-state index contributed by atoms with van der Waals surface area (Å²) in [6.45, 7) is 11.5. The summed E-state index contributed by atoms with van der Waals surface area (Å²) in [5.41, 5.74) is 0. The summed E-state index contributed by atoms with van der Waals surface area (Å²) in [5, 5.41) is 0. The second-order valence-electron chi connectivity index (χ2n) is 10.1. The van der Waals surface area contributed by atoms with Gasteiger partial charge in [-0.25, -0.2) is 0 Å². The molecule has 0 radical (unpaired) electrons. The van der Waals surface area contributed by atoms with E-state index in [0.29, 0.717) is 43.8 Å². The zero-order chi connectivity index (χ0) is 23.3. The van der Waals surface area contributed by atoms with E-state index in [1.54, 1.807) is 0 Å². The van der Waals surface area contributed by atoms with Gasteiger partial charge in [0, 0.05) is 12.8 Å². The first-order chi connectivity index (χ1) is 14.8. The SMILES string of the molecule is CCC(CCCCCCCCCCCCCC(=O)OCC(C)C)CC(=O)OCC(C)C. The lowest BCUT2D eigenvalue weighted by molar-refractivity contribution is -0.146. The molecule has 0 aliphatic rings. The van der Waals surface area contributed by atoms with Crippen molar-refractivity contribution in [1.82, 2.24) is 0 Å². The number of hydrogen-bond donors (Lipinski definition) is 0. The molecule has 0 fully saturated rings. The molecular weight excluding hydrogens is 388 g/mol. The molecular formula is C27H52O4. The zero-order valence-electron chi connectivity index (χ0n) is 21.4. The molecule has 0 spiro atoms. The van der Waals surface area contributed by atoms with Gasteiger partial charge in [-0.05, 0) is 30.6 Å². The average Bonchev–Trinajstić information content (AvgIpc) is 2.73. The van der Waals surface area contributed by atoms with Gasteiger partial charge in [0.15, 0.2) is 0 Å². The minimum Gasteiger partial charge on any atom is -0.465 e. The van der Waals surface area contributed by atoms with E-state index in [9.17, 15) is 9.59 Å². The van der Waals surface area contributed by atoms with Crippen LogP contribution in [0.4, 0.5) is 0 Å². The molecule has 184 valence electrons. The lowest BCUT2D eigenvalue weighted by atomic mass is 9.95. The van der Waals surface area contributed by atoms with E-state index in [1.165, 1.54) is 57.8 Å². The minimum atomic E-state index is -0.0370. The molecule has 0 heterocycles. The Hall–Kier alpha value is -1.06. The summed E-state index contributed by atoms with van der Waals surface area (Å²) in [7, 11) is 0.